The molecule has 0 radical (unpaired) electrons. The Bertz CT molecular complexity index is 751. The number of hydrogen-bond acceptors (Lipinski definition) is 3. The molecule has 0 atom stereocenters. The minimum atomic E-state index is -0.987. The first kappa shape index (κ1) is 17.4. The third-order valence-electron chi connectivity index (χ3n) is 3.43. The van der Waals surface area contributed by atoms with Crippen LogP contribution < -0.4 is 11.5 Å². The van der Waals surface area contributed by atoms with Crippen LogP contribution in [0.15, 0.2) is 42.5 Å². The van der Waals surface area contributed by atoms with Gasteiger partial charge in [-0.25, -0.2) is 8.78 Å². The van der Waals surface area contributed by atoms with Gasteiger partial charge in [0.05, 0.1) is 11.3 Å². The van der Waals surface area contributed by atoms with E-state index in [1.165, 1.54) is 4.90 Å². The summed E-state index contributed by atoms with van der Waals surface area (Å²) in [7, 11) is 0. The predicted octanol–water partition coefficient (Wildman–Crippen LogP) is 2.06. The zero-order valence-electron chi connectivity index (χ0n) is 12.8. The molecule has 2 rings (SSSR count). The number of nitrogen functional groups attached to an aromatic ring is 1. The summed E-state index contributed by atoms with van der Waals surface area (Å²) in [4.78, 5) is 24.9. The summed E-state index contributed by atoms with van der Waals surface area (Å²) in [6, 6.07) is 10.5. The fourth-order valence-corrected chi connectivity index (χ4v) is 2.24. The van der Waals surface area contributed by atoms with E-state index in [2.05, 4.69) is 0 Å². The van der Waals surface area contributed by atoms with Gasteiger partial charge in [0.25, 0.3) is 5.91 Å². The van der Waals surface area contributed by atoms with Gasteiger partial charge in [-0.2, -0.15) is 0 Å². The van der Waals surface area contributed by atoms with Crippen LogP contribution in [-0.2, 0) is 11.3 Å². The standard InChI is InChI=1S/C17H17F2N3O2/c18-12-8-13(16(19)14(20)9-12)17(24)22(7-6-15(21)23)10-11-4-2-1-3-5-11/h1-5,8-9H,6-7,10,20H2,(H2,21,23). The molecule has 4 N–H and O–H groups in total. The molecule has 0 fully saturated rings. The summed E-state index contributed by atoms with van der Waals surface area (Å²) in [5.41, 5.74) is 10.3. The summed E-state index contributed by atoms with van der Waals surface area (Å²) in [6.45, 7) is 0.113. The van der Waals surface area contributed by atoms with Gasteiger partial charge in [-0.1, -0.05) is 30.3 Å². The predicted molar refractivity (Wildman–Crippen MR) is 85.8 cm³/mol. The van der Waals surface area contributed by atoms with Crippen molar-refractivity contribution in [3.63, 3.8) is 0 Å². The van der Waals surface area contributed by atoms with E-state index in [1.807, 2.05) is 6.07 Å². The highest BCUT2D eigenvalue weighted by Gasteiger charge is 2.22. The monoisotopic (exact) mass is 333 g/mol. The number of primary amides is 1. The Morgan fingerprint density at radius 2 is 1.75 bits per heavy atom. The first-order chi connectivity index (χ1) is 11.4. The van der Waals surface area contributed by atoms with Crippen molar-refractivity contribution < 1.29 is 18.4 Å². The molecule has 2 aromatic carbocycles. The molecule has 2 amide bonds. The SMILES string of the molecule is NC(=O)CCN(Cc1ccccc1)C(=O)c1cc(F)cc(N)c1F. The van der Waals surface area contributed by atoms with Crippen LogP contribution in [0.5, 0.6) is 0 Å². The lowest BCUT2D eigenvalue weighted by Crippen LogP contribution is -2.34. The molecule has 0 aliphatic heterocycles. The molecular formula is C17H17F2N3O2. The summed E-state index contributed by atoms with van der Waals surface area (Å²) >= 11 is 0. The largest absolute Gasteiger partial charge is 0.396 e. The quantitative estimate of drug-likeness (QED) is 0.793. The lowest BCUT2D eigenvalue weighted by molar-refractivity contribution is -0.118. The lowest BCUT2D eigenvalue weighted by Gasteiger charge is -2.23. The Hall–Kier alpha value is -2.96. The Balaban J connectivity index is 2.31. The van der Waals surface area contributed by atoms with Crippen molar-refractivity contribution in [1.82, 2.24) is 4.90 Å². The molecule has 0 aromatic heterocycles. The van der Waals surface area contributed by atoms with Crippen molar-refractivity contribution in [2.75, 3.05) is 12.3 Å². The number of carbonyl (C=O) groups is 2. The van der Waals surface area contributed by atoms with Crippen LogP contribution in [0.2, 0.25) is 0 Å². The van der Waals surface area contributed by atoms with Gasteiger partial charge in [0.1, 0.15) is 5.82 Å². The number of nitrogens with zero attached hydrogens (tertiary/aromatic N) is 1. The molecule has 5 nitrogen and oxygen atoms in total. The first-order valence-corrected chi connectivity index (χ1v) is 7.24. The normalized spacial score (nSPS) is 10.4. The summed E-state index contributed by atoms with van der Waals surface area (Å²) in [5, 5.41) is 0. The summed E-state index contributed by atoms with van der Waals surface area (Å²) in [5.74, 6) is -3.16. The van der Waals surface area contributed by atoms with Crippen LogP contribution in [0.25, 0.3) is 0 Å². The highest BCUT2D eigenvalue weighted by atomic mass is 19.1. The van der Waals surface area contributed by atoms with Gasteiger partial charge >= 0.3 is 0 Å². The Morgan fingerprint density at radius 3 is 2.38 bits per heavy atom. The van der Waals surface area contributed by atoms with Crippen LogP contribution in [0, 0.1) is 11.6 Å². The molecule has 0 saturated carbocycles. The molecule has 126 valence electrons. The zero-order chi connectivity index (χ0) is 17.7. The van der Waals surface area contributed by atoms with Gasteiger partial charge in [-0.3, -0.25) is 9.59 Å². The summed E-state index contributed by atoms with van der Waals surface area (Å²) < 4.78 is 27.6. The van der Waals surface area contributed by atoms with E-state index < -0.39 is 34.7 Å². The molecule has 0 spiro atoms. The molecule has 7 heteroatoms. The third-order valence-corrected chi connectivity index (χ3v) is 3.43. The van der Waals surface area contributed by atoms with Crippen molar-refractivity contribution in [2.45, 2.75) is 13.0 Å². The van der Waals surface area contributed by atoms with E-state index in [4.69, 9.17) is 11.5 Å². The average molecular weight is 333 g/mol. The van der Waals surface area contributed by atoms with Crippen LogP contribution in [0.3, 0.4) is 0 Å². The van der Waals surface area contributed by atoms with E-state index in [0.717, 1.165) is 17.7 Å². The number of hydrogen-bond donors (Lipinski definition) is 2. The van der Waals surface area contributed by atoms with Crippen molar-refractivity contribution in [2.24, 2.45) is 5.73 Å². The van der Waals surface area contributed by atoms with E-state index in [0.29, 0.717) is 0 Å². The minimum Gasteiger partial charge on any atom is -0.396 e. The summed E-state index contributed by atoms with van der Waals surface area (Å²) in [6.07, 6.45) is -0.0923. The van der Waals surface area contributed by atoms with Gasteiger partial charge in [-0.15, -0.1) is 0 Å². The van der Waals surface area contributed by atoms with Crippen molar-refractivity contribution >= 4 is 17.5 Å². The Morgan fingerprint density at radius 1 is 1.08 bits per heavy atom. The second kappa shape index (κ2) is 7.54. The second-order valence-electron chi connectivity index (χ2n) is 5.29. The van der Waals surface area contributed by atoms with Gasteiger partial charge in [0.2, 0.25) is 5.91 Å². The fourth-order valence-electron chi connectivity index (χ4n) is 2.24. The molecule has 0 saturated heterocycles. The fraction of sp³-hybridized carbons (Fsp3) is 0.176. The van der Waals surface area contributed by atoms with E-state index in [-0.39, 0.29) is 19.5 Å². The van der Waals surface area contributed by atoms with Crippen LogP contribution in [-0.4, -0.2) is 23.3 Å². The zero-order valence-corrected chi connectivity index (χ0v) is 12.8. The van der Waals surface area contributed by atoms with Crippen LogP contribution in [0.1, 0.15) is 22.3 Å². The number of amides is 2. The number of halogens is 2. The van der Waals surface area contributed by atoms with Gasteiger partial charge in [0, 0.05) is 19.5 Å². The maximum atomic E-state index is 14.1. The van der Waals surface area contributed by atoms with E-state index in [1.54, 1.807) is 24.3 Å². The van der Waals surface area contributed by atoms with Crippen molar-refractivity contribution in [1.29, 1.82) is 0 Å². The molecule has 24 heavy (non-hydrogen) atoms. The second-order valence-corrected chi connectivity index (χ2v) is 5.29. The molecule has 0 aliphatic carbocycles. The molecule has 0 unspecified atom stereocenters. The van der Waals surface area contributed by atoms with Crippen LogP contribution in [0.4, 0.5) is 14.5 Å². The highest BCUT2D eigenvalue weighted by Crippen LogP contribution is 2.20. The Labute approximate surface area is 137 Å². The number of nitrogens with two attached hydrogens (primary N) is 2. The lowest BCUT2D eigenvalue weighted by atomic mass is 10.1. The topological polar surface area (TPSA) is 89.4 Å². The number of rotatable bonds is 6. The van der Waals surface area contributed by atoms with Gasteiger partial charge in [0.15, 0.2) is 5.82 Å². The van der Waals surface area contributed by atoms with Gasteiger partial charge in [-0.05, 0) is 17.7 Å². The molecule has 0 heterocycles. The average Bonchev–Trinajstić information content (AvgIpc) is 2.55. The van der Waals surface area contributed by atoms with Crippen molar-refractivity contribution in [3.8, 4) is 0 Å². The van der Waals surface area contributed by atoms with E-state index >= 15 is 0 Å². The molecule has 0 aliphatic rings. The first-order valence-electron chi connectivity index (χ1n) is 7.24. The molecule has 0 bridgehead atoms. The Kier molecular flexibility index (Phi) is 5.47. The van der Waals surface area contributed by atoms with Crippen LogP contribution >= 0.6 is 0 Å². The van der Waals surface area contributed by atoms with E-state index in [9.17, 15) is 18.4 Å². The minimum absolute atomic E-state index is 0.0150. The highest BCUT2D eigenvalue weighted by molar-refractivity contribution is 5.95. The maximum Gasteiger partial charge on any atom is 0.257 e. The number of carbonyl (C=O) groups excluding carboxylic acids is 2. The van der Waals surface area contributed by atoms with Crippen molar-refractivity contribution in [3.05, 3.63) is 65.2 Å². The number of benzene rings is 2. The molecular weight excluding hydrogens is 316 g/mol. The van der Waals surface area contributed by atoms with Gasteiger partial charge < -0.3 is 16.4 Å². The molecule has 2 aromatic rings. The third kappa shape index (κ3) is 4.28. The smallest absolute Gasteiger partial charge is 0.257 e. The maximum absolute atomic E-state index is 14.1. The number of anilines is 1.